The third-order valence-corrected chi connectivity index (χ3v) is 8.18. The zero-order valence-corrected chi connectivity index (χ0v) is 20.1. The van der Waals surface area contributed by atoms with Gasteiger partial charge in [0.25, 0.3) is 5.69 Å². The molecule has 184 valence electrons. The van der Waals surface area contributed by atoms with Gasteiger partial charge in [0.2, 0.25) is 11.8 Å². The number of carbonyl (C=O) groups is 2. The standard InChI is InChI=1S/C31H21N3O4/c35-29-27-26-20-12-4-6-14-22(20)31(23-15-7-5-13-21(23)26,18-32-19-10-2-1-3-11-19)28(27)30(36)33(29)24-16-8-9-17-25(24)34(37)38/h1-18,26-28H/t26?,27-,28-,31?/m0/s1. The molecule has 1 heterocycles. The van der Waals surface area contributed by atoms with Gasteiger partial charge in [-0.3, -0.25) is 24.7 Å². The zero-order chi connectivity index (χ0) is 26.0. The lowest BCUT2D eigenvalue weighted by molar-refractivity contribution is -0.384. The first-order chi connectivity index (χ1) is 18.5. The first-order valence-corrected chi connectivity index (χ1v) is 12.4. The number of nitro groups is 1. The highest BCUT2D eigenvalue weighted by atomic mass is 16.6. The van der Waals surface area contributed by atoms with Crippen LogP contribution in [0.2, 0.25) is 0 Å². The van der Waals surface area contributed by atoms with Gasteiger partial charge in [0.15, 0.2) is 0 Å². The van der Waals surface area contributed by atoms with Crippen LogP contribution in [0.5, 0.6) is 0 Å². The van der Waals surface area contributed by atoms with E-state index in [-0.39, 0.29) is 17.3 Å². The second-order valence-electron chi connectivity index (χ2n) is 9.88. The van der Waals surface area contributed by atoms with Crippen molar-refractivity contribution in [1.82, 2.24) is 0 Å². The van der Waals surface area contributed by atoms with Gasteiger partial charge in [0, 0.05) is 18.2 Å². The molecule has 1 saturated heterocycles. The maximum Gasteiger partial charge on any atom is 0.293 e. The van der Waals surface area contributed by atoms with E-state index in [1.807, 2.05) is 85.1 Å². The Morgan fingerprint density at radius 1 is 0.763 bits per heavy atom. The third-order valence-electron chi connectivity index (χ3n) is 8.18. The number of aliphatic imine (C=N–C) groups is 1. The van der Waals surface area contributed by atoms with Gasteiger partial charge < -0.3 is 0 Å². The van der Waals surface area contributed by atoms with Crippen molar-refractivity contribution in [2.75, 3.05) is 4.90 Å². The Morgan fingerprint density at radius 2 is 1.34 bits per heavy atom. The Kier molecular flexibility index (Phi) is 4.72. The molecule has 0 radical (unpaired) electrons. The summed E-state index contributed by atoms with van der Waals surface area (Å²) in [4.78, 5) is 45.8. The Morgan fingerprint density at radius 3 is 2.00 bits per heavy atom. The lowest BCUT2D eigenvalue weighted by Gasteiger charge is -2.52. The molecule has 3 aliphatic carbocycles. The maximum absolute atomic E-state index is 14.4. The van der Waals surface area contributed by atoms with E-state index < -0.39 is 34.0 Å². The van der Waals surface area contributed by atoms with E-state index >= 15 is 0 Å². The lowest BCUT2D eigenvalue weighted by atomic mass is 9.47. The van der Waals surface area contributed by atoms with Crippen LogP contribution in [-0.4, -0.2) is 23.0 Å². The van der Waals surface area contributed by atoms with Crippen molar-refractivity contribution < 1.29 is 14.5 Å². The zero-order valence-electron chi connectivity index (χ0n) is 20.1. The summed E-state index contributed by atoms with van der Waals surface area (Å²) in [6.45, 7) is 0. The first-order valence-electron chi connectivity index (χ1n) is 12.4. The van der Waals surface area contributed by atoms with Crippen LogP contribution in [0.4, 0.5) is 17.1 Å². The summed E-state index contributed by atoms with van der Waals surface area (Å²) in [6, 6.07) is 31.2. The van der Waals surface area contributed by atoms with E-state index in [1.165, 1.54) is 18.2 Å². The van der Waals surface area contributed by atoms with Crippen LogP contribution in [0.3, 0.4) is 0 Å². The Bertz CT molecular complexity index is 1630. The SMILES string of the molecule is O=C1[C@@H]2[C@@H](C(=O)N1c1ccccc1[N+](=O)[O-])C1c3ccccc3C2(C=Nc2ccccc2)c2ccccc21. The second kappa shape index (κ2) is 8.05. The Hall–Kier alpha value is -4.91. The van der Waals surface area contributed by atoms with Gasteiger partial charge in [-0.25, -0.2) is 4.90 Å². The molecule has 8 rings (SSSR count). The van der Waals surface area contributed by atoms with Crippen LogP contribution in [0.15, 0.2) is 108 Å². The van der Waals surface area contributed by atoms with Crippen molar-refractivity contribution in [2.45, 2.75) is 11.3 Å². The van der Waals surface area contributed by atoms with Crippen LogP contribution < -0.4 is 4.90 Å². The van der Waals surface area contributed by atoms with E-state index in [0.717, 1.165) is 32.8 Å². The summed E-state index contributed by atoms with van der Waals surface area (Å²) in [5.74, 6) is -2.71. The van der Waals surface area contributed by atoms with E-state index in [4.69, 9.17) is 4.99 Å². The molecule has 1 fully saturated rings. The molecule has 2 bridgehead atoms. The number of amides is 2. The van der Waals surface area contributed by atoms with Gasteiger partial charge in [-0.2, -0.15) is 0 Å². The predicted octanol–water partition coefficient (Wildman–Crippen LogP) is 5.55. The normalized spacial score (nSPS) is 24.8. The number of carbonyl (C=O) groups excluding carboxylic acids is 2. The highest BCUT2D eigenvalue weighted by molar-refractivity contribution is 6.25. The summed E-state index contributed by atoms with van der Waals surface area (Å²) in [5, 5.41) is 11.9. The molecule has 4 aromatic carbocycles. The van der Waals surface area contributed by atoms with Crippen LogP contribution in [-0.2, 0) is 15.0 Å². The molecule has 7 heteroatoms. The Balaban J connectivity index is 1.51. The molecule has 2 atom stereocenters. The molecule has 2 amide bonds. The average Bonchev–Trinajstić information content (AvgIpc) is 3.23. The van der Waals surface area contributed by atoms with Gasteiger partial charge in [-0.1, -0.05) is 78.9 Å². The van der Waals surface area contributed by atoms with Crippen molar-refractivity contribution in [3.8, 4) is 0 Å². The number of nitrogens with zero attached hydrogens (tertiary/aromatic N) is 3. The molecule has 0 spiro atoms. The molecule has 4 aromatic rings. The fraction of sp³-hybridized carbons (Fsp3) is 0.129. The minimum atomic E-state index is -1.02. The van der Waals surface area contributed by atoms with E-state index in [2.05, 4.69) is 0 Å². The highest BCUT2D eigenvalue weighted by Gasteiger charge is 2.68. The highest BCUT2D eigenvalue weighted by Crippen LogP contribution is 2.64. The van der Waals surface area contributed by atoms with Crippen molar-refractivity contribution >= 4 is 35.1 Å². The number of rotatable bonds is 4. The van der Waals surface area contributed by atoms with Crippen LogP contribution in [0.25, 0.3) is 0 Å². The monoisotopic (exact) mass is 499 g/mol. The smallest absolute Gasteiger partial charge is 0.274 e. The summed E-state index contributed by atoms with van der Waals surface area (Å²) in [7, 11) is 0. The minimum absolute atomic E-state index is 0.00422. The van der Waals surface area contributed by atoms with Gasteiger partial charge in [-0.05, 0) is 40.5 Å². The van der Waals surface area contributed by atoms with Crippen LogP contribution in [0.1, 0.15) is 28.2 Å². The number of anilines is 1. The molecule has 0 unspecified atom stereocenters. The first kappa shape index (κ1) is 22.3. The summed E-state index contributed by atoms with van der Waals surface area (Å²) < 4.78 is 0. The van der Waals surface area contributed by atoms with Crippen LogP contribution in [0, 0.1) is 22.0 Å². The van der Waals surface area contributed by atoms with Crippen molar-refractivity contribution in [3.05, 3.63) is 135 Å². The number of hydrogen-bond acceptors (Lipinski definition) is 5. The number of imide groups is 1. The fourth-order valence-corrected chi connectivity index (χ4v) is 6.79. The quantitative estimate of drug-likeness (QED) is 0.159. The largest absolute Gasteiger partial charge is 0.293 e. The van der Waals surface area contributed by atoms with Gasteiger partial charge in [0.1, 0.15) is 5.69 Å². The molecule has 4 aliphatic rings. The molecule has 0 saturated carbocycles. The molecule has 0 N–H and O–H groups in total. The predicted molar refractivity (Wildman–Crippen MR) is 143 cm³/mol. The number of hydrogen-bond donors (Lipinski definition) is 0. The van der Waals surface area contributed by atoms with Gasteiger partial charge in [0.05, 0.1) is 27.9 Å². The molecule has 0 aromatic heterocycles. The maximum atomic E-state index is 14.4. The number of nitro benzene ring substituents is 1. The topological polar surface area (TPSA) is 92.9 Å². The number of benzene rings is 4. The third kappa shape index (κ3) is 2.81. The second-order valence-corrected chi connectivity index (χ2v) is 9.88. The van der Waals surface area contributed by atoms with E-state index in [9.17, 15) is 19.7 Å². The van der Waals surface area contributed by atoms with Gasteiger partial charge >= 0.3 is 0 Å². The van der Waals surface area contributed by atoms with Crippen LogP contribution >= 0.6 is 0 Å². The van der Waals surface area contributed by atoms with Gasteiger partial charge in [-0.15, -0.1) is 0 Å². The van der Waals surface area contributed by atoms with Crippen molar-refractivity contribution in [1.29, 1.82) is 0 Å². The van der Waals surface area contributed by atoms with E-state index in [1.54, 1.807) is 6.07 Å². The fourth-order valence-electron chi connectivity index (χ4n) is 6.79. The molecule has 7 nitrogen and oxygen atoms in total. The van der Waals surface area contributed by atoms with Crippen molar-refractivity contribution in [2.24, 2.45) is 16.8 Å². The lowest BCUT2D eigenvalue weighted by Crippen LogP contribution is -2.54. The summed E-state index contributed by atoms with van der Waals surface area (Å²) >= 11 is 0. The molecule has 38 heavy (non-hydrogen) atoms. The summed E-state index contributed by atoms with van der Waals surface area (Å²) in [6.07, 6.45) is 1.82. The summed E-state index contributed by atoms with van der Waals surface area (Å²) in [5.41, 5.74) is 3.29. The van der Waals surface area contributed by atoms with E-state index in [0.29, 0.717) is 0 Å². The number of para-hydroxylation sites is 3. The minimum Gasteiger partial charge on any atom is -0.274 e. The molecular formula is C31H21N3O4. The molecular weight excluding hydrogens is 478 g/mol. The average molecular weight is 500 g/mol. The van der Waals surface area contributed by atoms with Crippen molar-refractivity contribution in [3.63, 3.8) is 0 Å². The molecule has 1 aliphatic heterocycles. The Labute approximate surface area is 218 Å².